The van der Waals surface area contributed by atoms with Crippen molar-refractivity contribution in [2.24, 2.45) is 19.1 Å². The summed E-state index contributed by atoms with van der Waals surface area (Å²) in [5, 5.41) is 15.3. The number of aromatic nitrogens is 3. The van der Waals surface area contributed by atoms with Crippen molar-refractivity contribution >= 4 is 45.8 Å². The van der Waals surface area contributed by atoms with Gasteiger partial charge in [0.15, 0.2) is 0 Å². The lowest BCUT2D eigenvalue weighted by atomic mass is 10.1. The fourth-order valence-corrected chi connectivity index (χ4v) is 5.51. The molecule has 212 valence electrons. The number of aromatic hydroxyl groups is 1. The van der Waals surface area contributed by atoms with E-state index in [0.29, 0.717) is 55.1 Å². The maximum absolute atomic E-state index is 13.7. The van der Waals surface area contributed by atoms with Crippen LogP contribution in [0.3, 0.4) is 0 Å². The number of fused-ring (bicyclic) bond motifs is 1. The molecule has 40 heavy (non-hydrogen) atoms. The lowest BCUT2D eigenvalue weighted by molar-refractivity contribution is -0.140. The number of anilines is 1. The molecule has 0 unspecified atom stereocenters. The molecule has 2 amide bonds. The highest BCUT2D eigenvalue weighted by Crippen LogP contribution is 2.29. The van der Waals surface area contributed by atoms with Crippen LogP contribution in [-0.2, 0) is 23.7 Å². The molecule has 1 atom stereocenters. The Morgan fingerprint density at radius 3 is 2.58 bits per heavy atom. The predicted octanol–water partition coefficient (Wildman–Crippen LogP) is 1.79. The molecule has 0 radical (unpaired) electrons. The number of likely N-dealkylation sites (tertiary alicyclic amines) is 2. The van der Waals surface area contributed by atoms with Gasteiger partial charge in [0, 0.05) is 45.3 Å². The number of amidine groups is 1. The number of nitrogens with zero attached hydrogens (tertiary/aromatic N) is 5. The molecular weight excluding hydrogens is 538 g/mol. The molecule has 2 aromatic heterocycles. The fourth-order valence-electron chi connectivity index (χ4n) is 5.30. The molecule has 0 aliphatic carbocycles. The molecule has 2 saturated heterocycles. The van der Waals surface area contributed by atoms with Gasteiger partial charge in [-0.1, -0.05) is 23.7 Å². The second kappa shape index (κ2) is 11.2. The number of aromatic amines is 1. The molecule has 5 rings (SSSR count). The van der Waals surface area contributed by atoms with Gasteiger partial charge >= 0.3 is 5.69 Å². The minimum atomic E-state index is -0.913. The molecule has 3 N–H and O–H groups in total. The van der Waals surface area contributed by atoms with Crippen LogP contribution in [0, 0.1) is 0 Å². The second-order valence-corrected chi connectivity index (χ2v) is 10.6. The second-order valence-electron chi connectivity index (χ2n) is 10.2. The van der Waals surface area contributed by atoms with Crippen LogP contribution in [0.15, 0.2) is 39.0 Å². The molecule has 0 spiro atoms. The van der Waals surface area contributed by atoms with Crippen LogP contribution in [0.1, 0.15) is 37.7 Å². The van der Waals surface area contributed by atoms with E-state index in [2.05, 4.69) is 10.3 Å². The SMILES string of the molecule is Cn1c(O)c(C(=N[C@H]2CCCCN(CC(=O)N3CCCC3)C2=O)Nc2cccc3c(Cl)c[nH]c23)c(=O)n(C)c1=O. The van der Waals surface area contributed by atoms with Gasteiger partial charge in [-0.3, -0.25) is 28.5 Å². The number of carbonyl (C=O) groups excluding carboxylic acids is 2. The molecule has 1 aromatic carbocycles. The molecule has 2 aliphatic heterocycles. The molecule has 0 bridgehead atoms. The highest BCUT2D eigenvalue weighted by Gasteiger charge is 2.31. The van der Waals surface area contributed by atoms with Crippen molar-refractivity contribution in [3.63, 3.8) is 0 Å². The van der Waals surface area contributed by atoms with Crippen LogP contribution in [0.25, 0.3) is 10.9 Å². The van der Waals surface area contributed by atoms with Gasteiger partial charge in [-0.2, -0.15) is 0 Å². The van der Waals surface area contributed by atoms with Crippen molar-refractivity contribution in [1.29, 1.82) is 0 Å². The minimum absolute atomic E-state index is 0.0270. The van der Waals surface area contributed by atoms with Crippen molar-refractivity contribution < 1.29 is 14.7 Å². The van der Waals surface area contributed by atoms with Gasteiger partial charge in [0.05, 0.1) is 22.8 Å². The van der Waals surface area contributed by atoms with Gasteiger partial charge in [0.2, 0.25) is 17.7 Å². The monoisotopic (exact) mass is 569 g/mol. The summed E-state index contributed by atoms with van der Waals surface area (Å²) in [5.41, 5.74) is -0.602. The van der Waals surface area contributed by atoms with Crippen LogP contribution >= 0.6 is 11.6 Å². The van der Waals surface area contributed by atoms with Gasteiger partial charge in [0.1, 0.15) is 17.4 Å². The summed E-state index contributed by atoms with van der Waals surface area (Å²) < 4.78 is 1.81. The standard InChI is InChI=1S/C27H32ClN7O5/c1-32-25(38)21(26(39)33(2)27(32)40)23(30-18-10-7-8-16-17(28)14-29-22(16)18)31-19-9-3-4-13-35(24(19)37)15-20(36)34-11-5-6-12-34/h7-8,10,14,19,29,38H,3-6,9,11-13,15H2,1-2H3,(H,30,31)/t19-/m0/s1. The fraction of sp³-hybridized carbons (Fsp3) is 0.444. The Bertz CT molecular complexity index is 1620. The Morgan fingerprint density at radius 1 is 1.10 bits per heavy atom. The van der Waals surface area contributed by atoms with Crippen molar-refractivity contribution in [2.75, 3.05) is 31.5 Å². The van der Waals surface area contributed by atoms with E-state index in [0.717, 1.165) is 27.4 Å². The van der Waals surface area contributed by atoms with E-state index in [1.165, 1.54) is 19.0 Å². The summed E-state index contributed by atoms with van der Waals surface area (Å²) >= 11 is 6.30. The maximum Gasteiger partial charge on any atom is 0.333 e. The lowest BCUT2D eigenvalue weighted by Gasteiger charge is -2.25. The van der Waals surface area contributed by atoms with E-state index < -0.39 is 23.2 Å². The van der Waals surface area contributed by atoms with Crippen molar-refractivity contribution in [3.05, 3.63) is 55.8 Å². The smallest absolute Gasteiger partial charge is 0.333 e. The Labute approximate surface area is 234 Å². The van der Waals surface area contributed by atoms with Crippen LogP contribution in [-0.4, -0.2) is 78.9 Å². The summed E-state index contributed by atoms with van der Waals surface area (Å²) in [6, 6.07) is 4.42. The number of hydrogen-bond donors (Lipinski definition) is 3. The third-order valence-corrected chi connectivity index (χ3v) is 7.92. The first kappa shape index (κ1) is 27.5. The Hall–Kier alpha value is -4.06. The molecule has 12 nitrogen and oxygen atoms in total. The first-order valence-electron chi connectivity index (χ1n) is 13.3. The van der Waals surface area contributed by atoms with E-state index >= 15 is 0 Å². The van der Waals surface area contributed by atoms with E-state index in [9.17, 15) is 24.3 Å². The highest BCUT2D eigenvalue weighted by molar-refractivity contribution is 6.36. The zero-order valence-electron chi connectivity index (χ0n) is 22.4. The Kier molecular flexibility index (Phi) is 7.70. The number of aliphatic imine (C=N–C) groups is 1. The predicted molar refractivity (Wildman–Crippen MR) is 152 cm³/mol. The van der Waals surface area contributed by atoms with E-state index in [4.69, 9.17) is 16.6 Å². The summed E-state index contributed by atoms with van der Waals surface area (Å²) in [6.45, 7) is 1.79. The lowest BCUT2D eigenvalue weighted by Crippen LogP contribution is -2.45. The van der Waals surface area contributed by atoms with Crippen molar-refractivity contribution in [3.8, 4) is 5.88 Å². The molecule has 13 heteroatoms. The quantitative estimate of drug-likeness (QED) is 0.315. The number of nitrogens with one attached hydrogen (secondary N) is 2. The third-order valence-electron chi connectivity index (χ3n) is 7.61. The van der Waals surface area contributed by atoms with E-state index in [1.54, 1.807) is 23.2 Å². The molecular formula is C27H32ClN7O5. The zero-order chi connectivity index (χ0) is 28.6. The summed E-state index contributed by atoms with van der Waals surface area (Å²) in [4.78, 5) is 63.4. The number of benzene rings is 1. The third kappa shape index (κ3) is 5.10. The Morgan fingerprint density at radius 2 is 1.82 bits per heavy atom. The Balaban J connectivity index is 1.58. The molecule has 2 aliphatic rings. The zero-order valence-corrected chi connectivity index (χ0v) is 23.2. The number of amides is 2. The average molecular weight is 570 g/mol. The first-order valence-corrected chi connectivity index (χ1v) is 13.7. The van der Waals surface area contributed by atoms with Gasteiger partial charge < -0.3 is 25.2 Å². The summed E-state index contributed by atoms with van der Waals surface area (Å²) in [5.74, 6) is -1.07. The van der Waals surface area contributed by atoms with Gasteiger partial charge in [0.25, 0.3) is 5.56 Å². The van der Waals surface area contributed by atoms with Crippen LogP contribution < -0.4 is 16.6 Å². The van der Waals surface area contributed by atoms with Crippen LogP contribution in [0.4, 0.5) is 5.69 Å². The highest BCUT2D eigenvalue weighted by atomic mass is 35.5. The van der Waals surface area contributed by atoms with E-state index in [-0.39, 0.29) is 29.8 Å². The molecule has 2 fully saturated rings. The molecule has 4 heterocycles. The normalized spacial score (nSPS) is 18.4. The summed E-state index contributed by atoms with van der Waals surface area (Å²) in [7, 11) is 2.64. The van der Waals surface area contributed by atoms with Gasteiger partial charge in [-0.15, -0.1) is 0 Å². The number of halogens is 1. The largest absolute Gasteiger partial charge is 0.494 e. The minimum Gasteiger partial charge on any atom is -0.494 e. The number of carbonyl (C=O) groups is 2. The van der Waals surface area contributed by atoms with E-state index in [1.807, 2.05) is 6.07 Å². The van der Waals surface area contributed by atoms with Crippen molar-refractivity contribution in [2.45, 2.75) is 38.1 Å². The number of para-hydroxylation sites is 1. The van der Waals surface area contributed by atoms with Crippen molar-refractivity contribution in [1.82, 2.24) is 23.9 Å². The topological polar surface area (TPSA) is 145 Å². The van der Waals surface area contributed by atoms with Crippen LogP contribution in [0.2, 0.25) is 5.02 Å². The maximum atomic E-state index is 13.7. The number of hydrogen-bond acceptors (Lipinski definition) is 6. The van der Waals surface area contributed by atoms with Crippen LogP contribution in [0.5, 0.6) is 5.88 Å². The summed E-state index contributed by atoms with van der Waals surface area (Å²) in [6.07, 6.45) is 5.32. The number of H-pyrrole nitrogens is 1. The average Bonchev–Trinajstić information content (AvgIpc) is 3.59. The molecule has 0 saturated carbocycles. The first-order chi connectivity index (χ1) is 19.2. The van der Waals surface area contributed by atoms with Gasteiger partial charge in [-0.05, 0) is 38.2 Å². The van der Waals surface area contributed by atoms with Gasteiger partial charge in [-0.25, -0.2) is 4.79 Å². The molecule has 3 aromatic rings. The number of rotatable bonds is 5.